The summed E-state index contributed by atoms with van der Waals surface area (Å²) in [7, 11) is 0. The van der Waals surface area contributed by atoms with Gasteiger partial charge in [-0.15, -0.1) is 21.5 Å². The number of aromatic nitrogens is 2. The largest absolute Gasteiger partial charge is 0.324 e. The fourth-order valence-electron chi connectivity index (χ4n) is 3.85. The molecule has 0 spiro atoms. The van der Waals surface area contributed by atoms with Crippen molar-refractivity contribution in [1.82, 2.24) is 15.1 Å². The van der Waals surface area contributed by atoms with Crippen LogP contribution in [0.1, 0.15) is 60.4 Å². The van der Waals surface area contributed by atoms with Crippen molar-refractivity contribution in [1.29, 1.82) is 0 Å². The van der Waals surface area contributed by atoms with Gasteiger partial charge in [-0.05, 0) is 49.9 Å². The van der Waals surface area contributed by atoms with E-state index in [0.717, 1.165) is 24.4 Å². The Balaban J connectivity index is 1.39. The highest BCUT2D eigenvalue weighted by molar-refractivity contribution is 7.11. The zero-order valence-corrected chi connectivity index (χ0v) is 15.5. The van der Waals surface area contributed by atoms with E-state index in [1.54, 1.807) is 23.5 Å². The molecule has 5 nitrogen and oxygen atoms in total. The summed E-state index contributed by atoms with van der Waals surface area (Å²) in [5, 5.41) is 14.0. The number of nitrogens with zero attached hydrogens (tertiary/aromatic N) is 3. The van der Waals surface area contributed by atoms with Crippen LogP contribution in [0.2, 0.25) is 0 Å². The molecule has 1 aromatic carbocycles. The van der Waals surface area contributed by atoms with Gasteiger partial charge in [0.05, 0.1) is 0 Å². The van der Waals surface area contributed by atoms with Gasteiger partial charge in [-0.3, -0.25) is 0 Å². The molecule has 26 heavy (non-hydrogen) atoms. The van der Waals surface area contributed by atoms with Crippen molar-refractivity contribution in [3.63, 3.8) is 0 Å². The van der Waals surface area contributed by atoms with Gasteiger partial charge < -0.3 is 10.2 Å². The fraction of sp³-hybridized carbons (Fsp3) is 0.526. The summed E-state index contributed by atoms with van der Waals surface area (Å²) in [6.07, 6.45) is 7.04. The lowest BCUT2D eigenvalue weighted by atomic mass is 9.99. The van der Waals surface area contributed by atoms with Crippen molar-refractivity contribution < 1.29 is 9.18 Å². The Hall–Kier alpha value is -2.02. The number of halogens is 1. The lowest BCUT2D eigenvalue weighted by molar-refractivity contribution is 0.192. The zero-order chi connectivity index (χ0) is 17.9. The number of urea groups is 1. The molecule has 138 valence electrons. The van der Waals surface area contributed by atoms with Crippen LogP contribution in [0.25, 0.3) is 0 Å². The van der Waals surface area contributed by atoms with Crippen molar-refractivity contribution in [3.05, 3.63) is 40.1 Å². The third-order valence-electron chi connectivity index (χ3n) is 5.31. The van der Waals surface area contributed by atoms with Gasteiger partial charge in [-0.25, -0.2) is 9.18 Å². The van der Waals surface area contributed by atoms with Crippen LogP contribution in [0, 0.1) is 5.82 Å². The second-order valence-corrected chi connectivity index (χ2v) is 8.22. The van der Waals surface area contributed by atoms with Crippen LogP contribution in [0.4, 0.5) is 14.9 Å². The smallest absolute Gasteiger partial charge is 0.321 e. The van der Waals surface area contributed by atoms with E-state index in [0.29, 0.717) is 18.2 Å². The molecule has 2 aromatic rings. The van der Waals surface area contributed by atoms with E-state index in [1.165, 1.54) is 42.8 Å². The number of amides is 2. The lowest BCUT2D eigenvalue weighted by Gasteiger charge is -2.31. The highest BCUT2D eigenvalue weighted by Gasteiger charge is 2.29. The van der Waals surface area contributed by atoms with Crippen LogP contribution >= 0.6 is 11.3 Å². The van der Waals surface area contributed by atoms with Gasteiger partial charge in [0.2, 0.25) is 0 Å². The third kappa shape index (κ3) is 3.87. The van der Waals surface area contributed by atoms with Crippen LogP contribution in [0.5, 0.6) is 0 Å². The average molecular weight is 374 g/mol. The van der Waals surface area contributed by atoms with Crippen LogP contribution in [0.15, 0.2) is 24.3 Å². The number of anilines is 1. The van der Waals surface area contributed by atoms with Gasteiger partial charge in [0.15, 0.2) is 0 Å². The van der Waals surface area contributed by atoms with E-state index in [4.69, 9.17) is 0 Å². The topological polar surface area (TPSA) is 58.1 Å². The Labute approximate surface area is 156 Å². The lowest BCUT2D eigenvalue weighted by Crippen LogP contribution is -2.41. The summed E-state index contributed by atoms with van der Waals surface area (Å²) in [5.41, 5.74) is 0.609. The van der Waals surface area contributed by atoms with E-state index in [1.807, 2.05) is 4.90 Å². The molecule has 1 saturated heterocycles. The number of hydrogen-bond donors (Lipinski definition) is 1. The first kappa shape index (κ1) is 17.4. The summed E-state index contributed by atoms with van der Waals surface area (Å²) < 4.78 is 13.0. The minimum Gasteiger partial charge on any atom is -0.324 e. The number of hydrogen-bond acceptors (Lipinski definition) is 4. The Kier molecular flexibility index (Phi) is 5.15. The predicted molar refractivity (Wildman–Crippen MR) is 100 cm³/mol. The Morgan fingerprint density at radius 1 is 1.04 bits per heavy atom. The Morgan fingerprint density at radius 3 is 2.42 bits per heavy atom. The van der Waals surface area contributed by atoms with Gasteiger partial charge in [0.1, 0.15) is 15.8 Å². The molecule has 2 fully saturated rings. The van der Waals surface area contributed by atoms with Crippen molar-refractivity contribution in [2.75, 3.05) is 18.4 Å². The van der Waals surface area contributed by atoms with E-state index in [-0.39, 0.29) is 17.8 Å². The molecule has 0 radical (unpaired) electrons. The number of nitrogens with one attached hydrogen (secondary N) is 1. The number of carbonyl (C=O) groups excluding carboxylic acids is 1. The van der Waals surface area contributed by atoms with Crippen LogP contribution in [0.3, 0.4) is 0 Å². The van der Waals surface area contributed by atoms with E-state index < -0.39 is 0 Å². The molecule has 1 saturated carbocycles. The number of rotatable bonds is 3. The maximum absolute atomic E-state index is 13.0. The molecule has 1 aliphatic carbocycles. The first-order chi connectivity index (χ1) is 12.7. The molecule has 4 rings (SSSR count). The van der Waals surface area contributed by atoms with E-state index in [2.05, 4.69) is 15.5 Å². The number of piperidine rings is 1. The predicted octanol–water partition coefficient (Wildman–Crippen LogP) is 4.75. The molecule has 2 heterocycles. The highest BCUT2D eigenvalue weighted by atomic mass is 32.1. The molecule has 1 unspecified atom stereocenters. The monoisotopic (exact) mass is 374 g/mol. The van der Waals surface area contributed by atoms with Crippen molar-refractivity contribution in [2.24, 2.45) is 0 Å². The van der Waals surface area contributed by atoms with Crippen molar-refractivity contribution in [2.45, 2.75) is 50.4 Å². The maximum Gasteiger partial charge on any atom is 0.321 e. The molecular weight excluding hydrogens is 351 g/mol. The van der Waals surface area contributed by atoms with Crippen molar-refractivity contribution >= 4 is 23.1 Å². The van der Waals surface area contributed by atoms with Crippen LogP contribution < -0.4 is 5.32 Å². The number of likely N-dealkylation sites (tertiary alicyclic amines) is 1. The highest BCUT2D eigenvalue weighted by Crippen LogP contribution is 2.38. The minimum atomic E-state index is -0.310. The molecule has 2 aliphatic rings. The summed E-state index contributed by atoms with van der Waals surface area (Å²) in [6, 6.07) is 5.71. The molecule has 2 amide bonds. The van der Waals surface area contributed by atoms with Gasteiger partial charge in [-0.2, -0.15) is 0 Å². The van der Waals surface area contributed by atoms with Gasteiger partial charge >= 0.3 is 6.03 Å². The summed E-state index contributed by atoms with van der Waals surface area (Å²) in [5.74, 6) is 0.536. The molecule has 7 heteroatoms. The third-order valence-corrected chi connectivity index (χ3v) is 6.56. The minimum absolute atomic E-state index is 0.137. The van der Waals surface area contributed by atoms with Crippen molar-refractivity contribution in [3.8, 4) is 0 Å². The summed E-state index contributed by atoms with van der Waals surface area (Å²) >= 11 is 1.73. The summed E-state index contributed by atoms with van der Waals surface area (Å²) in [4.78, 5) is 14.4. The molecule has 1 atom stereocenters. The molecule has 1 aliphatic heterocycles. The van der Waals surface area contributed by atoms with Gasteiger partial charge in [-0.1, -0.05) is 12.8 Å². The van der Waals surface area contributed by atoms with Gasteiger partial charge in [0.25, 0.3) is 0 Å². The molecular formula is C19H23FN4OS. The zero-order valence-electron chi connectivity index (χ0n) is 14.7. The first-order valence-electron chi connectivity index (χ1n) is 9.34. The maximum atomic E-state index is 13.0. The molecule has 1 aromatic heterocycles. The average Bonchev–Trinajstić information content (AvgIpc) is 3.35. The standard InChI is InChI=1S/C19H23FN4OS/c20-15-7-9-16(10-8-15)21-19(25)24-11-3-6-14(12-24)18-23-22-17(26-18)13-4-1-2-5-13/h7-10,13-14H,1-6,11-12H2,(H,21,25). The van der Waals surface area contributed by atoms with Crippen LogP contribution in [-0.4, -0.2) is 34.2 Å². The van der Waals surface area contributed by atoms with Crippen LogP contribution in [-0.2, 0) is 0 Å². The van der Waals surface area contributed by atoms with E-state index in [9.17, 15) is 9.18 Å². The second-order valence-electron chi connectivity index (χ2n) is 7.18. The second kappa shape index (κ2) is 7.70. The summed E-state index contributed by atoms with van der Waals surface area (Å²) in [6.45, 7) is 1.39. The fourth-order valence-corrected chi connectivity index (χ4v) is 4.99. The number of carbonyl (C=O) groups is 1. The molecule has 1 N–H and O–H groups in total. The van der Waals surface area contributed by atoms with Gasteiger partial charge in [0, 0.05) is 30.6 Å². The first-order valence-corrected chi connectivity index (χ1v) is 10.2. The Bertz CT molecular complexity index is 757. The Morgan fingerprint density at radius 2 is 1.69 bits per heavy atom. The normalized spacial score (nSPS) is 21.1. The SMILES string of the molecule is O=C(Nc1ccc(F)cc1)N1CCCC(c2nnc(C3CCCC3)s2)C1. The quantitative estimate of drug-likeness (QED) is 0.844. The molecule has 0 bridgehead atoms. The number of benzene rings is 1. The van der Waals surface area contributed by atoms with E-state index >= 15 is 0 Å².